The number of esters is 2. The van der Waals surface area contributed by atoms with Gasteiger partial charge in [0.05, 0.1) is 16.1 Å². The van der Waals surface area contributed by atoms with Gasteiger partial charge in [-0.3, -0.25) is 8.98 Å². The van der Waals surface area contributed by atoms with E-state index in [9.17, 15) is 18.0 Å². The molecule has 5 atom stereocenters. The quantitative estimate of drug-likeness (QED) is 0.100. The third-order valence-corrected chi connectivity index (χ3v) is 12.1. The Hall–Kier alpha value is -3.40. The smallest absolute Gasteiger partial charge is 0.338 e. The van der Waals surface area contributed by atoms with Gasteiger partial charge in [-0.2, -0.15) is 8.42 Å². The van der Waals surface area contributed by atoms with Crippen LogP contribution in [0.1, 0.15) is 44.2 Å². The van der Waals surface area contributed by atoms with Crippen molar-refractivity contribution in [3.8, 4) is 5.75 Å². The van der Waals surface area contributed by atoms with Gasteiger partial charge >= 0.3 is 11.9 Å². The lowest BCUT2D eigenvalue weighted by molar-refractivity contribution is -0.155. The molecule has 1 saturated heterocycles. The molecule has 3 fully saturated rings. The lowest BCUT2D eigenvalue weighted by atomic mass is 9.94. The number of hydrogen-bond donors (Lipinski definition) is 0. The molecule has 7 nitrogen and oxygen atoms in total. The SMILES string of the molecule is C=C(C)C(=O)Oc1c(C)cc([S+](c2ccccc2)c2ccccc2)cc1C.CCC(=O)OC1C2CC3C1OS(=O)(=O)C3C2. The molecule has 0 amide bonds. The Morgan fingerprint density at radius 1 is 0.930 bits per heavy atom. The molecule has 2 bridgehead atoms. The Balaban J connectivity index is 0.000000194. The van der Waals surface area contributed by atoms with E-state index in [1.807, 2.05) is 26.0 Å². The Bertz CT molecular complexity index is 1560. The highest BCUT2D eigenvalue weighted by atomic mass is 32.2. The normalized spacial score (nSPS) is 24.3. The van der Waals surface area contributed by atoms with Crippen LogP contribution in [0.5, 0.6) is 5.75 Å². The highest BCUT2D eigenvalue weighted by Crippen LogP contribution is 2.55. The molecule has 226 valence electrons. The second kappa shape index (κ2) is 12.7. The number of ether oxygens (including phenoxy) is 2. The van der Waals surface area contributed by atoms with Gasteiger partial charge in [-0.1, -0.05) is 49.9 Å². The van der Waals surface area contributed by atoms with Gasteiger partial charge in [0, 0.05) is 36.0 Å². The van der Waals surface area contributed by atoms with Crippen molar-refractivity contribution in [2.24, 2.45) is 11.8 Å². The van der Waals surface area contributed by atoms with E-state index in [0.29, 0.717) is 24.2 Å². The first-order valence-electron chi connectivity index (χ1n) is 14.4. The molecule has 3 aromatic carbocycles. The molecule has 9 heteroatoms. The lowest BCUT2D eigenvalue weighted by Gasteiger charge is -2.24. The van der Waals surface area contributed by atoms with Crippen molar-refractivity contribution in [1.29, 1.82) is 0 Å². The molecule has 2 saturated carbocycles. The van der Waals surface area contributed by atoms with E-state index in [4.69, 9.17) is 13.7 Å². The van der Waals surface area contributed by atoms with Crippen molar-refractivity contribution in [2.45, 2.75) is 79.1 Å². The summed E-state index contributed by atoms with van der Waals surface area (Å²) in [6.07, 6.45) is 0.966. The van der Waals surface area contributed by atoms with E-state index in [2.05, 4.69) is 67.2 Å². The molecule has 1 heterocycles. The van der Waals surface area contributed by atoms with E-state index in [-0.39, 0.29) is 46.0 Å². The molecule has 1 aliphatic heterocycles. The number of rotatable bonds is 7. The zero-order chi connectivity index (χ0) is 30.9. The highest BCUT2D eigenvalue weighted by Gasteiger charge is 2.65. The topological polar surface area (TPSA) is 96.0 Å². The number of hydrogen-bond acceptors (Lipinski definition) is 7. The van der Waals surface area contributed by atoms with Crippen LogP contribution in [0.4, 0.5) is 0 Å². The minimum Gasteiger partial charge on any atom is -0.459 e. The van der Waals surface area contributed by atoms with Crippen LogP contribution in [0.3, 0.4) is 0 Å². The molecule has 2 aliphatic carbocycles. The molecule has 6 rings (SSSR count). The van der Waals surface area contributed by atoms with Gasteiger partial charge in [0.15, 0.2) is 14.7 Å². The maximum absolute atomic E-state index is 12.0. The van der Waals surface area contributed by atoms with Crippen molar-refractivity contribution in [2.75, 3.05) is 0 Å². The fourth-order valence-electron chi connectivity index (χ4n) is 6.17. The molecular formula is C34H37O7S2+. The average molecular weight is 622 g/mol. The number of aryl methyl sites for hydroxylation is 2. The molecular weight excluding hydrogens is 585 g/mol. The Morgan fingerprint density at radius 2 is 1.49 bits per heavy atom. The summed E-state index contributed by atoms with van der Waals surface area (Å²) >= 11 is 0. The molecule has 5 unspecified atom stereocenters. The minimum absolute atomic E-state index is 0.0460. The van der Waals surface area contributed by atoms with Gasteiger partial charge in [-0.15, -0.1) is 0 Å². The summed E-state index contributed by atoms with van der Waals surface area (Å²) in [7, 11) is -3.62. The number of carbonyl (C=O) groups is 2. The van der Waals surface area contributed by atoms with Crippen LogP contribution in [-0.4, -0.2) is 37.8 Å². The second-order valence-corrected chi connectivity index (χ2v) is 15.1. The second-order valence-electron chi connectivity index (χ2n) is 11.3. The molecule has 3 aliphatic rings. The fourth-order valence-corrected chi connectivity index (χ4v) is 10.3. The summed E-state index contributed by atoms with van der Waals surface area (Å²) in [5, 5.41) is -0.348. The van der Waals surface area contributed by atoms with Crippen molar-refractivity contribution in [3.05, 3.63) is 96.1 Å². The molecule has 43 heavy (non-hydrogen) atoms. The summed E-state index contributed by atoms with van der Waals surface area (Å²) in [6.45, 7) is 11.0. The zero-order valence-corrected chi connectivity index (χ0v) is 26.5. The molecule has 0 aromatic heterocycles. The first-order chi connectivity index (χ1) is 20.5. The highest BCUT2D eigenvalue weighted by molar-refractivity contribution is 7.97. The fraction of sp³-hybridized carbons (Fsp3) is 0.353. The third-order valence-electron chi connectivity index (χ3n) is 8.14. The first kappa shape index (κ1) is 31.0. The minimum atomic E-state index is -3.40. The van der Waals surface area contributed by atoms with Crippen molar-refractivity contribution in [1.82, 2.24) is 0 Å². The summed E-state index contributed by atoms with van der Waals surface area (Å²) in [5.41, 5.74) is 2.29. The van der Waals surface area contributed by atoms with E-state index < -0.39 is 16.2 Å². The predicted molar refractivity (Wildman–Crippen MR) is 165 cm³/mol. The number of carbonyl (C=O) groups excluding carboxylic acids is 2. The van der Waals surface area contributed by atoms with Crippen molar-refractivity contribution >= 4 is 33.0 Å². The van der Waals surface area contributed by atoms with Crippen LogP contribution in [0, 0.1) is 25.7 Å². The van der Waals surface area contributed by atoms with Gasteiger partial charge < -0.3 is 9.47 Å². The van der Waals surface area contributed by atoms with Crippen molar-refractivity contribution in [3.63, 3.8) is 0 Å². The Morgan fingerprint density at radius 3 is 2.00 bits per heavy atom. The average Bonchev–Trinajstić information content (AvgIpc) is 3.61. The summed E-state index contributed by atoms with van der Waals surface area (Å²) in [4.78, 5) is 26.9. The predicted octanol–water partition coefficient (Wildman–Crippen LogP) is 6.33. The van der Waals surface area contributed by atoms with E-state index >= 15 is 0 Å². The first-order valence-corrected chi connectivity index (χ1v) is 17.1. The van der Waals surface area contributed by atoms with Gasteiger partial charge in [0.25, 0.3) is 10.1 Å². The third kappa shape index (κ3) is 6.44. The number of fused-ring (bicyclic) bond motifs is 1. The summed E-state index contributed by atoms with van der Waals surface area (Å²) in [5.74, 6) is 0.176. The standard InChI is InChI=1S/C24H23O2S.C10H14O5S/c1-17(2)24(25)26-23-18(3)15-22(16-19(23)4)27(20-11-7-5-8-12-20)21-13-9-6-10-14-21;1-2-8(11)14-9-5-3-6-7(4-5)16(12,13)15-10(6)9/h5-16H,1H2,2-4H3;5-7,9-10H,2-4H2,1H3/q+1;. The van der Waals surface area contributed by atoms with Crippen LogP contribution < -0.4 is 4.74 Å². The maximum atomic E-state index is 12.0. The maximum Gasteiger partial charge on any atom is 0.338 e. The lowest BCUT2D eigenvalue weighted by Crippen LogP contribution is -2.37. The molecule has 0 spiro atoms. The number of benzene rings is 3. The van der Waals surface area contributed by atoms with Crippen LogP contribution in [0.15, 0.2) is 99.6 Å². The Labute approximate surface area is 256 Å². The van der Waals surface area contributed by atoms with Gasteiger partial charge in [0.1, 0.15) is 18.0 Å². The molecule has 0 radical (unpaired) electrons. The van der Waals surface area contributed by atoms with Crippen LogP contribution in [-0.2, 0) is 39.5 Å². The van der Waals surface area contributed by atoms with E-state index in [1.165, 1.54) is 14.7 Å². The summed E-state index contributed by atoms with van der Waals surface area (Å²) < 4.78 is 39.2. The molecule has 3 aromatic rings. The van der Waals surface area contributed by atoms with E-state index in [1.54, 1.807) is 13.8 Å². The Kier molecular flexibility index (Phi) is 9.15. The van der Waals surface area contributed by atoms with Gasteiger partial charge in [0.2, 0.25) is 0 Å². The van der Waals surface area contributed by atoms with E-state index in [0.717, 1.165) is 17.5 Å². The van der Waals surface area contributed by atoms with Gasteiger partial charge in [-0.05, 0) is 69.0 Å². The van der Waals surface area contributed by atoms with Crippen LogP contribution in [0.2, 0.25) is 0 Å². The summed E-state index contributed by atoms with van der Waals surface area (Å²) in [6, 6.07) is 25.2. The molecule has 0 N–H and O–H groups in total. The monoisotopic (exact) mass is 621 g/mol. The van der Waals surface area contributed by atoms with Crippen LogP contribution >= 0.6 is 0 Å². The largest absolute Gasteiger partial charge is 0.459 e. The zero-order valence-electron chi connectivity index (χ0n) is 24.8. The van der Waals surface area contributed by atoms with Gasteiger partial charge in [-0.25, -0.2) is 4.79 Å². The van der Waals surface area contributed by atoms with Crippen LogP contribution in [0.25, 0.3) is 0 Å². The van der Waals surface area contributed by atoms with Crippen molar-refractivity contribution < 1.29 is 31.7 Å².